The van der Waals surface area contributed by atoms with Crippen LogP contribution in [-0.4, -0.2) is 60.9 Å². The van der Waals surface area contributed by atoms with Gasteiger partial charge in [-0.25, -0.2) is 27.2 Å². The van der Waals surface area contributed by atoms with Gasteiger partial charge >= 0.3 is 0 Å². The number of hydrogen-bond donors (Lipinski definition) is 1. The van der Waals surface area contributed by atoms with E-state index in [1.165, 1.54) is 6.07 Å². The number of benzene rings is 2. The number of amides is 1. The third kappa shape index (κ3) is 5.88. The van der Waals surface area contributed by atoms with Crippen LogP contribution in [0.4, 0.5) is 17.6 Å². The van der Waals surface area contributed by atoms with Crippen LogP contribution in [0.2, 0.25) is 0 Å². The number of nitrogens with zero attached hydrogens (tertiary/aromatic N) is 6. The normalized spacial score (nSPS) is 19.3. The largest absolute Gasteiger partial charge is 0.366 e. The third-order valence-corrected chi connectivity index (χ3v) is 9.78. The Morgan fingerprint density at radius 3 is 2.43 bits per heavy atom. The predicted octanol–water partition coefficient (Wildman–Crippen LogP) is 6.75. The van der Waals surface area contributed by atoms with E-state index in [1.807, 2.05) is 22.9 Å². The van der Waals surface area contributed by atoms with Crippen molar-refractivity contribution in [2.45, 2.75) is 71.0 Å². The van der Waals surface area contributed by atoms with Gasteiger partial charge in [0.1, 0.15) is 0 Å². The number of fused-ring (bicyclic) bond motifs is 2. The number of piperidine rings is 1. The number of likely N-dealkylation sites (tertiary alicyclic amines) is 1. The fourth-order valence-corrected chi connectivity index (χ4v) is 7.28. The van der Waals surface area contributed by atoms with Crippen molar-refractivity contribution in [3.63, 3.8) is 0 Å². The lowest BCUT2D eigenvalue weighted by Crippen LogP contribution is -2.49. The van der Waals surface area contributed by atoms with Crippen molar-refractivity contribution in [3.05, 3.63) is 77.2 Å². The van der Waals surface area contributed by atoms with E-state index in [2.05, 4.69) is 23.8 Å². The smallest absolute Gasteiger partial charge is 0.251 e. The molecule has 47 heavy (non-hydrogen) atoms. The number of primary amides is 1. The predicted molar refractivity (Wildman–Crippen MR) is 171 cm³/mol. The minimum Gasteiger partial charge on any atom is -0.366 e. The van der Waals surface area contributed by atoms with Crippen molar-refractivity contribution in [1.82, 2.24) is 29.4 Å². The summed E-state index contributed by atoms with van der Waals surface area (Å²) in [6.07, 6.45) is 4.53. The lowest BCUT2D eigenvalue weighted by Gasteiger charge is -2.45. The highest BCUT2D eigenvalue weighted by Crippen LogP contribution is 2.40. The summed E-state index contributed by atoms with van der Waals surface area (Å²) in [4.78, 5) is 20.5. The van der Waals surface area contributed by atoms with E-state index in [9.17, 15) is 22.4 Å². The molecule has 3 aromatic heterocycles. The van der Waals surface area contributed by atoms with Crippen molar-refractivity contribution in [2.75, 3.05) is 13.1 Å². The molecule has 4 heterocycles. The second-order valence-corrected chi connectivity index (χ2v) is 13.4. The number of aromatic nitrogens is 5. The Morgan fingerprint density at radius 2 is 1.74 bits per heavy atom. The summed E-state index contributed by atoms with van der Waals surface area (Å²) in [5, 5.41) is 10.8. The van der Waals surface area contributed by atoms with Gasteiger partial charge in [-0.05, 0) is 73.4 Å². The van der Waals surface area contributed by atoms with Crippen molar-refractivity contribution in [1.29, 1.82) is 0 Å². The third-order valence-electron chi connectivity index (χ3n) is 9.78. The van der Waals surface area contributed by atoms with Crippen molar-refractivity contribution in [3.8, 4) is 11.1 Å². The minimum absolute atomic E-state index is 0.0819. The van der Waals surface area contributed by atoms with Gasteiger partial charge in [0.15, 0.2) is 17.3 Å². The zero-order valence-corrected chi connectivity index (χ0v) is 26.3. The second-order valence-electron chi connectivity index (χ2n) is 13.4. The summed E-state index contributed by atoms with van der Waals surface area (Å²) >= 11 is 0. The van der Waals surface area contributed by atoms with E-state index in [4.69, 9.17) is 15.8 Å². The average Bonchev–Trinajstić information content (AvgIpc) is 3.61. The first-order chi connectivity index (χ1) is 22.6. The Hall–Kier alpha value is -4.32. The molecule has 5 aromatic rings. The molecular weight excluding hydrogens is 610 g/mol. The van der Waals surface area contributed by atoms with Gasteiger partial charge in [0, 0.05) is 41.4 Å². The number of rotatable bonds is 9. The van der Waals surface area contributed by atoms with Crippen molar-refractivity contribution >= 4 is 27.8 Å². The van der Waals surface area contributed by atoms with E-state index < -0.39 is 29.9 Å². The van der Waals surface area contributed by atoms with Crippen LogP contribution in [0.25, 0.3) is 33.1 Å². The van der Waals surface area contributed by atoms with E-state index in [0.717, 1.165) is 59.9 Å². The van der Waals surface area contributed by atoms with Gasteiger partial charge in [-0.15, -0.1) is 0 Å². The maximum atomic E-state index is 13.8. The second kappa shape index (κ2) is 12.4. The number of nitrogens with two attached hydrogens (primary N) is 1. The molecule has 0 radical (unpaired) electrons. The highest BCUT2D eigenvalue weighted by atomic mass is 19.3. The monoisotopic (exact) mass is 647 g/mol. The molecule has 2 aromatic carbocycles. The lowest BCUT2D eigenvalue weighted by molar-refractivity contribution is -0.0310. The van der Waals surface area contributed by atoms with E-state index in [0.29, 0.717) is 47.3 Å². The molecule has 0 spiro atoms. The molecule has 1 aliphatic heterocycles. The standard InChI is InChI=1S/C35H37F4N7O/c1-19(2)11-29-32(34(40)47)31(21-4-6-30-23(13-21)16-41-45(30)18-20-3-5-27(36)28(37)12-20)26-17-42-46(35(26)43-29)24-7-9-44(10-8-24)25-14-22(15-25)33(38)39/h3-6,12-13,16-17,19,22,24-25,33H,7-11,14-15,18H2,1-2H3,(H2,40,47). The molecule has 7 rings (SSSR count). The quantitative estimate of drug-likeness (QED) is 0.179. The van der Waals surface area contributed by atoms with Crippen LogP contribution in [0.15, 0.2) is 48.8 Å². The van der Waals surface area contributed by atoms with Crippen molar-refractivity contribution < 1.29 is 22.4 Å². The molecule has 2 N–H and O–H groups in total. The number of halogens is 4. The highest BCUT2D eigenvalue weighted by molar-refractivity contribution is 6.09. The molecule has 0 atom stereocenters. The maximum Gasteiger partial charge on any atom is 0.251 e. The molecule has 12 heteroatoms. The summed E-state index contributed by atoms with van der Waals surface area (Å²) in [6.45, 7) is 6.00. The van der Waals surface area contributed by atoms with Gasteiger partial charge in [-0.2, -0.15) is 10.2 Å². The zero-order chi connectivity index (χ0) is 33.0. The fraction of sp³-hybridized carbons (Fsp3) is 0.429. The van der Waals surface area contributed by atoms with E-state index in [-0.39, 0.29) is 24.5 Å². The molecule has 1 aliphatic carbocycles. The number of carbonyl (C=O) groups is 1. The molecular formula is C35H37F4N7O. The average molecular weight is 648 g/mol. The first kappa shape index (κ1) is 31.3. The molecule has 2 fully saturated rings. The summed E-state index contributed by atoms with van der Waals surface area (Å²) in [5.74, 6) is -2.65. The summed E-state index contributed by atoms with van der Waals surface area (Å²) in [7, 11) is 0. The van der Waals surface area contributed by atoms with Crippen LogP contribution in [-0.2, 0) is 13.0 Å². The first-order valence-electron chi connectivity index (χ1n) is 16.2. The van der Waals surface area contributed by atoms with Gasteiger partial charge in [0.25, 0.3) is 5.91 Å². The van der Waals surface area contributed by atoms with Crippen molar-refractivity contribution in [2.24, 2.45) is 17.6 Å². The molecule has 2 aliphatic rings. The summed E-state index contributed by atoms with van der Waals surface area (Å²) in [5.41, 5.74) is 10.5. The maximum absolute atomic E-state index is 13.8. The first-order valence-corrected chi connectivity index (χ1v) is 16.2. The summed E-state index contributed by atoms with van der Waals surface area (Å²) < 4.78 is 57.1. The van der Waals surface area contributed by atoms with E-state index >= 15 is 0 Å². The van der Waals surface area contributed by atoms with Crippen LogP contribution < -0.4 is 5.73 Å². The minimum atomic E-state index is -2.24. The highest BCUT2D eigenvalue weighted by Gasteiger charge is 2.40. The van der Waals surface area contributed by atoms with Gasteiger partial charge in [0.05, 0.1) is 41.8 Å². The number of alkyl halides is 2. The molecule has 8 nitrogen and oxygen atoms in total. The van der Waals surface area contributed by atoms with Crippen LogP contribution in [0.1, 0.15) is 67.2 Å². The Bertz CT molecular complexity index is 1950. The van der Waals surface area contributed by atoms with Crippen LogP contribution in [0.3, 0.4) is 0 Å². The molecule has 1 amide bonds. The summed E-state index contributed by atoms with van der Waals surface area (Å²) in [6, 6.07) is 9.86. The molecule has 0 unspecified atom stereocenters. The fourth-order valence-electron chi connectivity index (χ4n) is 7.28. The number of pyridine rings is 1. The van der Waals surface area contributed by atoms with E-state index in [1.54, 1.807) is 17.1 Å². The van der Waals surface area contributed by atoms with Gasteiger partial charge in [0.2, 0.25) is 6.43 Å². The topological polar surface area (TPSA) is 94.9 Å². The Kier molecular flexibility index (Phi) is 8.23. The van der Waals surface area contributed by atoms with Gasteiger partial charge in [-0.1, -0.05) is 26.0 Å². The Balaban J connectivity index is 1.24. The molecule has 1 saturated carbocycles. The number of hydrogen-bond acceptors (Lipinski definition) is 5. The number of carbonyl (C=O) groups excluding carboxylic acids is 1. The molecule has 0 bridgehead atoms. The Labute approximate surface area is 269 Å². The lowest BCUT2D eigenvalue weighted by atomic mass is 9.79. The molecule has 1 saturated heterocycles. The van der Waals surface area contributed by atoms with Gasteiger partial charge < -0.3 is 10.6 Å². The molecule has 246 valence electrons. The van der Waals surface area contributed by atoms with Crippen LogP contribution in [0.5, 0.6) is 0 Å². The Morgan fingerprint density at radius 1 is 0.979 bits per heavy atom. The zero-order valence-electron chi connectivity index (χ0n) is 26.3. The van der Waals surface area contributed by atoms with Crippen LogP contribution >= 0.6 is 0 Å². The van der Waals surface area contributed by atoms with Gasteiger partial charge in [-0.3, -0.25) is 9.48 Å². The van der Waals surface area contributed by atoms with Crippen LogP contribution in [0, 0.1) is 23.5 Å². The SMILES string of the molecule is CC(C)Cc1nc2c(cnn2C2CCN(C3CC(C(F)F)C3)CC2)c(-c2ccc3c(cnn3Cc3ccc(F)c(F)c3)c2)c1C(N)=O.